The van der Waals surface area contributed by atoms with E-state index in [0.29, 0.717) is 24.3 Å². The third-order valence-electron chi connectivity index (χ3n) is 2.83. The Kier molecular flexibility index (Phi) is 5.94. The summed E-state index contributed by atoms with van der Waals surface area (Å²) in [6.07, 6.45) is 0.351. The van der Waals surface area contributed by atoms with Gasteiger partial charge in [0.15, 0.2) is 0 Å². The van der Waals surface area contributed by atoms with Gasteiger partial charge in [-0.3, -0.25) is 0 Å². The second kappa shape index (κ2) is 7.03. The number of ether oxygens (including phenoxy) is 1. The lowest BCUT2D eigenvalue weighted by atomic mass is 10.0. The minimum absolute atomic E-state index is 0.0546. The molecule has 0 spiro atoms. The van der Waals surface area contributed by atoms with Gasteiger partial charge in [0.05, 0.1) is 11.4 Å². The van der Waals surface area contributed by atoms with Crippen molar-refractivity contribution in [2.24, 2.45) is 0 Å². The first kappa shape index (κ1) is 16.9. The number of aliphatic hydroxyl groups is 1. The zero-order chi connectivity index (χ0) is 15.2. The molecule has 1 atom stereocenters. The number of benzene rings is 1. The van der Waals surface area contributed by atoms with Crippen LogP contribution in [0.3, 0.4) is 0 Å². The summed E-state index contributed by atoms with van der Waals surface area (Å²) in [7, 11) is -1.99. The van der Waals surface area contributed by atoms with Crippen molar-refractivity contribution in [1.82, 2.24) is 4.72 Å². The number of nitrogens with two attached hydrogens (primary N) is 1. The lowest BCUT2D eigenvalue weighted by molar-refractivity contribution is 0.0292. The lowest BCUT2D eigenvalue weighted by Gasteiger charge is -2.23. The fourth-order valence-electron chi connectivity index (χ4n) is 1.63. The molecule has 1 aromatic carbocycles. The minimum Gasteiger partial charge on any atom is -0.399 e. The van der Waals surface area contributed by atoms with E-state index < -0.39 is 15.6 Å². The Labute approximate surface area is 120 Å². The van der Waals surface area contributed by atoms with Gasteiger partial charge < -0.3 is 15.6 Å². The van der Waals surface area contributed by atoms with E-state index in [0.717, 1.165) is 0 Å². The van der Waals surface area contributed by atoms with Crippen LogP contribution in [0.5, 0.6) is 0 Å². The highest BCUT2D eigenvalue weighted by atomic mass is 32.2. The highest BCUT2D eigenvalue weighted by molar-refractivity contribution is 7.88. The first-order valence-electron chi connectivity index (χ1n) is 6.27. The zero-order valence-electron chi connectivity index (χ0n) is 11.8. The third kappa shape index (κ3) is 6.33. The van der Waals surface area contributed by atoms with E-state index in [4.69, 9.17) is 10.5 Å². The van der Waals surface area contributed by atoms with Gasteiger partial charge in [-0.05, 0) is 24.6 Å². The van der Waals surface area contributed by atoms with Gasteiger partial charge in [0.1, 0.15) is 0 Å². The smallest absolute Gasteiger partial charge is 0.215 e. The number of hydrogen-bond acceptors (Lipinski definition) is 5. The fraction of sp³-hybridized carbons (Fsp3) is 0.538. The molecule has 20 heavy (non-hydrogen) atoms. The van der Waals surface area contributed by atoms with Crippen LogP contribution in [0, 0.1) is 0 Å². The Balaban J connectivity index is 2.58. The van der Waals surface area contributed by atoms with Crippen LogP contribution in [-0.2, 0) is 20.5 Å². The van der Waals surface area contributed by atoms with Gasteiger partial charge >= 0.3 is 0 Å². The largest absolute Gasteiger partial charge is 0.399 e. The number of hydrogen-bond donors (Lipinski definition) is 3. The average molecular weight is 302 g/mol. The van der Waals surface area contributed by atoms with Crippen molar-refractivity contribution in [2.45, 2.75) is 24.7 Å². The van der Waals surface area contributed by atoms with E-state index in [1.165, 1.54) is 7.11 Å². The standard InChI is InChI=1S/C13H22N2O4S/c1-13(16,6-7-19-2)10-15-20(17,18)9-11-4-3-5-12(14)8-11/h3-5,8,15-16H,6-7,9-10,14H2,1-2H3. The van der Waals surface area contributed by atoms with Gasteiger partial charge in [0.25, 0.3) is 0 Å². The van der Waals surface area contributed by atoms with Crippen molar-refractivity contribution in [2.75, 3.05) is 26.0 Å². The summed E-state index contributed by atoms with van der Waals surface area (Å²) < 4.78 is 31.1. The number of nitrogens with one attached hydrogen (secondary N) is 1. The van der Waals surface area contributed by atoms with Crippen LogP contribution in [0.1, 0.15) is 18.9 Å². The topological polar surface area (TPSA) is 102 Å². The summed E-state index contributed by atoms with van der Waals surface area (Å²) in [6.45, 7) is 1.88. The molecule has 0 fully saturated rings. The van der Waals surface area contributed by atoms with Crippen molar-refractivity contribution >= 4 is 15.7 Å². The van der Waals surface area contributed by atoms with Gasteiger partial charge in [0.2, 0.25) is 10.0 Å². The number of sulfonamides is 1. The number of methoxy groups -OCH3 is 1. The van der Waals surface area contributed by atoms with E-state index in [-0.39, 0.29) is 12.3 Å². The van der Waals surface area contributed by atoms with Crippen LogP contribution in [0.4, 0.5) is 5.69 Å². The molecule has 6 nitrogen and oxygen atoms in total. The molecule has 0 aromatic heterocycles. The first-order chi connectivity index (χ1) is 9.24. The SMILES string of the molecule is COCCC(C)(O)CNS(=O)(=O)Cc1cccc(N)c1. The van der Waals surface area contributed by atoms with Crippen LogP contribution >= 0.6 is 0 Å². The molecule has 4 N–H and O–H groups in total. The maximum absolute atomic E-state index is 11.9. The normalized spacial score (nSPS) is 14.9. The predicted molar refractivity (Wildman–Crippen MR) is 78.6 cm³/mol. The second-order valence-electron chi connectivity index (χ2n) is 5.06. The number of anilines is 1. The molecule has 114 valence electrons. The summed E-state index contributed by atoms with van der Waals surface area (Å²) in [5.41, 5.74) is 5.59. The Bertz CT molecular complexity index is 529. The Morgan fingerprint density at radius 1 is 1.45 bits per heavy atom. The van der Waals surface area contributed by atoms with E-state index in [2.05, 4.69) is 4.72 Å². The molecule has 0 saturated carbocycles. The summed E-state index contributed by atoms with van der Waals surface area (Å²) >= 11 is 0. The molecule has 0 heterocycles. The highest BCUT2D eigenvalue weighted by Gasteiger charge is 2.23. The van der Waals surface area contributed by atoms with Gasteiger partial charge in [-0.2, -0.15) is 0 Å². The molecule has 1 aromatic rings. The predicted octanol–water partition coefficient (Wildman–Crippen LogP) is 0.476. The molecule has 0 amide bonds. The van der Waals surface area contributed by atoms with Gasteiger partial charge in [-0.15, -0.1) is 0 Å². The van der Waals surface area contributed by atoms with Crippen LogP contribution < -0.4 is 10.5 Å². The average Bonchev–Trinajstić information content (AvgIpc) is 2.34. The maximum atomic E-state index is 11.9. The molecule has 1 rings (SSSR count). The van der Waals surface area contributed by atoms with Crippen molar-refractivity contribution in [3.63, 3.8) is 0 Å². The molecule has 0 bridgehead atoms. The van der Waals surface area contributed by atoms with E-state index in [9.17, 15) is 13.5 Å². The highest BCUT2D eigenvalue weighted by Crippen LogP contribution is 2.12. The molecule has 1 unspecified atom stereocenters. The van der Waals surface area contributed by atoms with Gasteiger partial charge in [-0.25, -0.2) is 13.1 Å². The number of rotatable bonds is 8. The van der Waals surface area contributed by atoms with Crippen molar-refractivity contribution < 1.29 is 18.3 Å². The first-order valence-corrected chi connectivity index (χ1v) is 7.92. The van der Waals surface area contributed by atoms with E-state index >= 15 is 0 Å². The van der Waals surface area contributed by atoms with Crippen molar-refractivity contribution in [1.29, 1.82) is 0 Å². The minimum atomic E-state index is -3.52. The summed E-state index contributed by atoms with van der Waals surface area (Å²) in [6, 6.07) is 6.70. The quantitative estimate of drug-likeness (QED) is 0.606. The third-order valence-corrected chi connectivity index (χ3v) is 4.12. The van der Waals surface area contributed by atoms with Crippen LogP contribution in [0.2, 0.25) is 0 Å². The Morgan fingerprint density at radius 3 is 2.75 bits per heavy atom. The summed E-state index contributed by atoms with van der Waals surface area (Å²) in [5.74, 6) is -0.168. The van der Waals surface area contributed by atoms with Crippen LogP contribution in [0.25, 0.3) is 0 Å². The monoisotopic (exact) mass is 302 g/mol. The van der Waals surface area contributed by atoms with Crippen molar-refractivity contribution in [3.8, 4) is 0 Å². The molecule has 0 aliphatic rings. The van der Waals surface area contributed by atoms with Crippen LogP contribution in [-0.4, -0.2) is 39.4 Å². The van der Waals surface area contributed by atoms with Gasteiger partial charge in [-0.1, -0.05) is 12.1 Å². The molecule has 0 saturated heterocycles. The molecular weight excluding hydrogens is 280 g/mol. The zero-order valence-corrected chi connectivity index (χ0v) is 12.6. The van der Waals surface area contributed by atoms with E-state index in [1.54, 1.807) is 31.2 Å². The molecule has 0 aliphatic carbocycles. The van der Waals surface area contributed by atoms with Crippen LogP contribution in [0.15, 0.2) is 24.3 Å². The Morgan fingerprint density at radius 2 is 2.15 bits per heavy atom. The number of nitrogen functional groups attached to an aromatic ring is 1. The summed E-state index contributed by atoms with van der Waals surface area (Å²) in [5, 5.41) is 9.99. The second-order valence-corrected chi connectivity index (χ2v) is 6.87. The summed E-state index contributed by atoms with van der Waals surface area (Å²) in [4.78, 5) is 0. The maximum Gasteiger partial charge on any atom is 0.215 e. The van der Waals surface area contributed by atoms with Gasteiger partial charge in [0, 0.05) is 32.4 Å². The molecule has 7 heteroatoms. The molecular formula is C13H22N2O4S. The molecule has 0 aliphatic heterocycles. The van der Waals surface area contributed by atoms with E-state index in [1.807, 2.05) is 0 Å². The Hall–Kier alpha value is -1.15. The van der Waals surface area contributed by atoms with Crippen molar-refractivity contribution in [3.05, 3.63) is 29.8 Å². The fourth-order valence-corrected chi connectivity index (χ4v) is 2.88. The lowest BCUT2D eigenvalue weighted by Crippen LogP contribution is -2.41. The molecule has 0 radical (unpaired) electrons.